The number of unbranched alkanes of at least 4 members (excludes halogenated alkanes) is 4. The van der Waals surface area contributed by atoms with Gasteiger partial charge in [0, 0.05) is 22.8 Å². The van der Waals surface area contributed by atoms with Gasteiger partial charge in [-0.25, -0.2) is 0 Å². The van der Waals surface area contributed by atoms with Crippen LogP contribution < -0.4 is 0 Å². The third-order valence-electron chi connectivity index (χ3n) is 11.2. The average Bonchev–Trinajstić information content (AvgIpc) is 2.91. The molecule has 1 aromatic rings. The molecular weight excluding hydrogens is 548 g/mol. The minimum absolute atomic E-state index is 0.0666. The van der Waals surface area contributed by atoms with Crippen LogP contribution in [0.2, 0.25) is 0 Å². The monoisotopic (exact) mass is 604 g/mol. The lowest BCUT2D eigenvalue weighted by molar-refractivity contribution is -0.158. The number of benzene rings is 1. The number of ketones is 2. The van der Waals surface area contributed by atoms with Crippen LogP contribution in [0.4, 0.5) is 0 Å². The number of carbonyl (C=O) groups excluding carboxylic acids is 2. The molecule has 0 fully saturated rings. The van der Waals surface area contributed by atoms with E-state index in [0.29, 0.717) is 29.9 Å². The van der Waals surface area contributed by atoms with Crippen LogP contribution >= 0.6 is 0 Å². The molecule has 0 spiro atoms. The molecule has 4 rings (SSSR count). The van der Waals surface area contributed by atoms with Gasteiger partial charge in [0.1, 0.15) is 17.1 Å². The number of aliphatic hydroxyl groups excluding tert-OH is 2. The minimum Gasteiger partial charge on any atom is -0.511 e. The third kappa shape index (κ3) is 5.52. The molecule has 0 saturated carbocycles. The van der Waals surface area contributed by atoms with Crippen molar-refractivity contribution in [1.82, 2.24) is 0 Å². The molecule has 0 aliphatic heterocycles. The van der Waals surface area contributed by atoms with Gasteiger partial charge in [-0.05, 0) is 78.3 Å². The van der Waals surface area contributed by atoms with Crippen molar-refractivity contribution in [2.45, 2.75) is 144 Å². The molecule has 44 heavy (non-hydrogen) atoms. The second-order valence-electron chi connectivity index (χ2n) is 15.1. The summed E-state index contributed by atoms with van der Waals surface area (Å²) in [5, 5.41) is 34.9. The number of carbonyl (C=O) groups is 2. The van der Waals surface area contributed by atoms with E-state index in [1.807, 2.05) is 0 Å². The average molecular weight is 605 g/mol. The van der Waals surface area contributed by atoms with E-state index in [2.05, 4.69) is 54.2 Å². The summed E-state index contributed by atoms with van der Waals surface area (Å²) < 4.78 is 0. The molecule has 1 aromatic carbocycles. The summed E-state index contributed by atoms with van der Waals surface area (Å²) in [6.45, 7) is 20.7. The quantitative estimate of drug-likeness (QED) is 0.163. The van der Waals surface area contributed by atoms with Gasteiger partial charge in [0.05, 0.1) is 0 Å². The number of aliphatic hydroxyl groups is 3. The van der Waals surface area contributed by atoms with Gasteiger partial charge in [0.2, 0.25) is 5.78 Å². The van der Waals surface area contributed by atoms with Crippen molar-refractivity contribution in [3.05, 3.63) is 63.1 Å². The van der Waals surface area contributed by atoms with Crippen LogP contribution in [0.15, 0.2) is 35.3 Å². The van der Waals surface area contributed by atoms with Gasteiger partial charge < -0.3 is 15.3 Å². The fourth-order valence-electron chi connectivity index (χ4n) is 8.97. The number of allylic oxidation sites excluding steroid dienone is 3. The summed E-state index contributed by atoms with van der Waals surface area (Å²) in [7, 11) is 0. The van der Waals surface area contributed by atoms with E-state index < -0.39 is 39.3 Å². The van der Waals surface area contributed by atoms with E-state index in [-0.39, 0.29) is 18.1 Å². The van der Waals surface area contributed by atoms with Gasteiger partial charge in [0.15, 0.2) is 11.4 Å². The summed E-state index contributed by atoms with van der Waals surface area (Å²) in [6, 6.07) is 2.43. The Bertz CT molecular complexity index is 1400. The maximum Gasteiger partial charge on any atom is 0.209 e. The number of fused-ring (bicyclic) bond motifs is 3. The van der Waals surface area contributed by atoms with Crippen LogP contribution in [-0.4, -0.2) is 32.5 Å². The second kappa shape index (κ2) is 12.6. The predicted molar refractivity (Wildman–Crippen MR) is 179 cm³/mol. The van der Waals surface area contributed by atoms with E-state index in [1.165, 1.54) is 80.5 Å². The Labute approximate surface area is 265 Å². The Kier molecular flexibility index (Phi) is 9.81. The van der Waals surface area contributed by atoms with Crippen molar-refractivity contribution in [2.75, 3.05) is 0 Å². The van der Waals surface area contributed by atoms with Crippen molar-refractivity contribution in [3.63, 3.8) is 0 Å². The van der Waals surface area contributed by atoms with Crippen molar-refractivity contribution >= 4 is 17.1 Å². The predicted octanol–water partition coefficient (Wildman–Crippen LogP) is 9.34. The molecule has 0 aromatic heterocycles. The molecule has 5 nitrogen and oxygen atoms in total. The number of hydrogen-bond donors (Lipinski definition) is 3. The molecule has 3 aliphatic rings. The molecule has 3 aliphatic carbocycles. The number of rotatable bonds is 12. The van der Waals surface area contributed by atoms with Crippen LogP contribution in [0.3, 0.4) is 0 Å². The van der Waals surface area contributed by atoms with Crippen LogP contribution in [0.1, 0.15) is 146 Å². The molecule has 0 amide bonds. The zero-order valence-corrected chi connectivity index (χ0v) is 28.6. The fraction of sp³-hybridized carbons (Fsp3) is 0.641. The molecule has 0 unspecified atom stereocenters. The highest BCUT2D eigenvalue weighted by Crippen LogP contribution is 2.64. The maximum atomic E-state index is 13.8. The Morgan fingerprint density at radius 1 is 1.02 bits per heavy atom. The molecular formula is C39H56O5. The molecule has 0 bridgehead atoms. The molecule has 3 N–H and O–H groups in total. The molecule has 0 radical (unpaired) electrons. The standard InChI is InChI=1S/C39H56O5/c1-10-12-14-16-27(17-15-13-11-2)18-28-19-29(23(3)4)30-20-37(8)22-38(9)21-31(41)33(26(7)40)35(42)39(38,44)36(43)34(37)25(6)32(30)24(28)5/h19,23,27,41,43-44H,6,10-18,20-22H2,1-5,7-9H3/t37-,38+,39+/m1/s1. The first-order chi connectivity index (χ1) is 20.6. The lowest BCUT2D eigenvalue weighted by atomic mass is 9.48. The number of Topliss-reactive ketones (excluding diaryl/α,β-unsaturated/α-hetero) is 2. The second-order valence-corrected chi connectivity index (χ2v) is 15.1. The summed E-state index contributed by atoms with van der Waals surface area (Å²) in [4.78, 5) is 26.2. The summed E-state index contributed by atoms with van der Waals surface area (Å²) in [6.07, 6.45) is 11.8. The van der Waals surface area contributed by atoms with E-state index >= 15 is 0 Å². The van der Waals surface area contributed by atoms with Crippen LogP contribution in [0.25, 0.3) is 5.57 Å². The first-order valence-corrected chi connectivity index (χ1v) is 17.1. The Morgan fingerprint density at radius 3 is 2.14 bits per heavy atom. The Morgan fingerprint density at radius 2 is 1.61 bits per heavy atom. The fourth-order valence-corrected chi connectivity index (χ4v) is 8.97. The van der Waals surface area contributed by atoms with Crippen LogP contribution in [0.5, 0.6) is 0 Å². The smallest absolute Gasteiger partial charge is 0.209 e. The highest BCUT2D eigenvalue weighted by Gasteiger charge is 2.67. The van der Waals surface area contributed by atoms with E-state index in [9.17, 15) is 24.9 Å². The van der Waals surface area contributed by atoms with E-state index in [0.717, 1.165) is 12.0 Å². The highest BCUT2D eigenvalue weighted by atomic mass is 16.3. The van der Waals surface area contributed by atoms with Gasteiger partial charge in [-0.1, -0.05) is 106 Å². The van der Waals surface area contributed by atoms with Crippen LogP contribution in [0, 0.1) is 23.7 Å². The first kappa shape index (κ1) is 34.2. The maximum absolute atomic E-state index is 13.8. The largest absolute Gasteiger partial charge is 0.511 e. The molecule has 0 saturated heterocycles. The van der Waals surface area contributed by atoms with Gasteiger partial charge in [-0.2, -0.15) is 0 Å². The van der Waals surface area contributed by atoms with Crippen molar-refractivity contribution in [2.24, 2.45) is 16.7 Å². The Balaban J connectivity index is 1.87. The topological polar surface area (TPSA) is 94.8 Å². The highest BCUT2D eigenvalue weighted by molar-refractivity contribution is 6.24. The zero-order valence-electron chi connectivity index (χ0n) is 28.6. The van der Waals surface area contributed by atoms with Crippen LogP contribution in [-0.2, 0) is 22.4 Å². The SMILES string of the molecule is C=C1C2=C(O)[C@@]3(O)C(=O)C(C(C)=O)=C(O)C[C@@]3(C)C[C@@]2(C)Cc2c(C(C)C)cc(CC(CCCCC)CCCCC)c(C)c21. The van der Waals surface area contributed by atoms with Gasteiger partial charge >= 0.3 is 0 Å². The summed E-state index contributed by atoms with van der Waals surface area (Å²) in [5.41, 5.74) is 2.70. The van der Waals surface area contributed by atoms with E-state index in [4.69, 9.17) is 0 Å². The van der Waals surface area contributed by atoms with Gasteiger partial charge in [-0.15, -0.1) is 0 Å². The summed E-state index contributed by atoms with van der Waals surface area (Å²) in [5.74, 6) is -1.35. The van der Waals surface area contributed by atoms with Gasteiger partial charge in [0.25, 0.3) is 0 Å². The summed E-state index contributed by atoms with van der Waals surface area (Å²) >= 11 is 0. The molecule has 3 atom stereocenters. The normalized spacial score (nSPS) is 26.8. The third-order valence-corrected chi connectivity index (χ3v) is 11.2. The number of hydrogen-bond acceptors (Lipinski definition) is 5. The molecule has 242 valence electrons. The lowest BCUT2D eigenvalue weighted by Crippen LogP contribution is -2.63. The molecule has 5 heteroatoms. The van der Waals surface area contributed by atoms with Gasteiger partial charge in [-0.3, -0.25) is 9.59 Å². The minimum atomic E-state index is -2.31. The van der Waals surface area contributed by atoms with Crippen molar-refractivity contribution in [3.8, 4) is 0 Å². The first-order valence-electron chi connectivity index (χ1n) is 17.1. The Hall–Kier alpha value is -2.66. The van der Waals surface area contributed by atoms with E-state index in [1.54, 1.807) is 6.92 Å². The zero-order chi connectivity index (χ0) is 32.8. The van der Waals surface area contributed by atoms with Crippen molar-refractivity contribution in [1.29, 1.82) is 0 Å². The molecule has 0 heterocycles. The van der Waals surface area contributed by atoms with Crippen molar-refractivity contribution < 1.29 is 24.9 Å². The lowest BCUT2D eigenvalue weighted by Gasteiger charge is -2.57.